The molecule has 0 bridgehead atoms. The Morgan fingerprint density at radius 1 is 1.25 bits per heavy atom. The van der Waals surface area contributed by atoms with E-state index in [1.165, 1.54) is 0 Å². The minimum Gasteiger partial charge on any atom is -0.487 e. The molecule has 0 saturated carbocycles. The van der Waals surface area contributed by atoms with Gasteiger partial charge in [0.25, 0.3) is 0 Å². The summed E-state index contributed by atoms with van der Waals surface area (Å²) in [4.78, 5) is 12.2. The molecule has 0 aliphatic rings. The van der Waals surface area contributed by atoms with Crippen molar-refractivity contribution in [2.24, 2.45) is 0 Å². The first-order chi connectivity index (χ1) is 13.4. The third kappa shape index (κ3) is 5.31. The fraction of sp³-hybridized carbons (Fsp3) is 0.333. The molecule has 0 saturated heterocycles. The molecule has 0 atom stereocenters. The molecule has 28 heavy (non-hydrogen) atoms. The van der Waals surface area contributed by atoms with Gasteiger partial charge in [-0.25, -0.2) is 4.79 Å². The van der Waals surface area contributed by atoms with Crippen molar-refractivity contribution in [2.45, 2.75) is 33.7 Å². The number of rotatable bonds is 8. The van der Waals surface area contributed by atoms with Gasteiger partial charge in [-0.2, -0.15) is 5.26 Å². The molecule has 2 rings (SSSR count). The number of benzene rings is 1. The number of nitriles is 1. The Balaban J connectivity index is 1.99. The quantitative estimate of drug-likeness (QED) is 0.249. The number of carbonyl (C=O) groups is 1. The second kappa shape index (κ2) is 10.2. The van der Waals surface area contributed by atoms with Gasteiger partial charge in [-0.1, -0.05) is 36.2 Å². The molecule has 0 spiro atoms. The average molecular weight is 421 g/mol. The maximum atomic E-state index is 12.2. The number of aryl methyl sites for hydroxylation is 1. The Bertz CT molecular complexity index is 906. The van der Waals surface area contributed by atoms with E-state index in [0.29, 0.717) is 15.8 Å². The standard InChI is InChI=1S/C21H22Cl2N2O3/c1-4-8-25-14(2)11-16(15(25)3)12-17(13-24)21(26)28-10-9-27-20-18(22)6-5-7-19(20)23/h5-7,11-12H,4,8-10H2,1-3H3/b17-12+. The zero-order valence-corrected chi connectivity index (χ0v) is 17.6. The summed E-state index contributed by atoms with van der Waals surface area (Å²) in [6.45, 7) is 6.99. The van der Waals surface area contributed by atoms with Gasteiger partial charge in [-0.3, -0.25) is 0 Å². The van der Waals surface area contributed by atoms with Crippen molar-refractivity contribution in [3.63, 3.8) is 0 Å². The van der Waals surface area contributed by atoms with E-state index in [4.69, 9.17) is 32.7 Å². The number of ether oxygens (including phenoxy) is 2. The normalized spacial score (nSPS) is 11.2. The number of para-hydroxylation sites is 1. The highest BCUT2D eigenvalue weighted by Crippen LogP contribution is 2.32. The molecule has 1 heterocycles. The maximum absolute atomic E-state index is 12.2. The molecular weight excluding hydrogens is 399 g/mol. The van der Waals surface area contributed by atoms with Crippen LogP contribution in [0.3, 0.4) is 0 Å². The summed E-state index contributed by atoms with van der Waals surface area (Å²) < 4.78 is 12.8. The summed E-state index contributed by atoms with van der Waals surface area (Å²) in [5.41, 5.74) is 2.86. The fourth-order valence-electron chi connectivity index (χ4n) is 2.81. The van der Waals surface area contributed by atoms with E-state index in [1.54, 1.807) is 24.3 Å². The smallest absolute Gasteiger partial charge is 0.349 e. The van der Waals surface area contributed by atoms with E-state index in [0.717, 1.165) is 29.9 Å². The number of carbonyl (C=O) groups excluding carboxylic acids is 1. The summed E-state index contributed by atoms with van der Waals surface area (Å²) >= 11 is 12.0. The highest BCUT2D eigenvalue weighted by molar-refractivity contribution is 6.37. The Hall–Kier alpha value is -2.42. The monoisotopic (exact) mass is 420 g/mol. The number of aromatic nitrogens is 1. The van der Waals surface area contributed by atoms with E-state index in [9.17, 15) is 10.1 Å². The number of esters is 1. The fourth-order valence-corrected chi connectivity index (χ4v) is 3.32. The van der Waals surface area contributed by atoms with Gasteiger partial charge < -0.3 is 14.0 Å². The van der Waals surface area contributed by atoms with Crippen LogP contribution in [0, 0.1) is 25.2 Å². The molecule has 0 unspecified atom stereocenters. The van der Waals surface area contributed by atoms with Crippen molar-refractivity contribution in [3.8, 4) is 11.8 Å². The lowest BCUT2D eigenvalue weighted by Gasteiger charge is -2.10. The van der Waals surface area contributed by atoms with Gasteiger partial charge in [0.05, 0.1) is 10.0 Å². The molecular formula is C21H22Cl2N2O3. The van der Waals surface area contributed by atoms with Crippen LogP contribution in [-0.2, 0) is 16.1 Å². The summed E-state index contributed by atoms with van der Waals surface area (Å²) in [6, 6.07) is 8.88. The van der Waals surface area contributed by atoms with Gasteiger partial charge in [-0.05, 0) is 50.1 Å². The van der Waals surface area contributed by atoms with Crippen LogP contribution in [0.2, 0.25) is 10.0 Å². The van der Waals surface area contributed by atoms with Crippen molar-refractivity contribution < 1.29 is 14.3 Å². The Morgan fingerprint density at radius 3 is 2.54 bits per heavy atom. The first-order valence-corrected chi connectivity index (χ1v) is 9.67. The minimum atomic E-state index is -0.698. The Labute approximate surface area is 175 Å². The lowest BCUT2D eigenvalue weighted by atomic mass is 10.1. The molecule has 2 aromatic rings. The van der Waals surface area contributed by atoms with Crippen molar-refractivity contribution in [1.82, 2.24) is 4.57 Å². The zero-order valence-electron chi connectivity index (χ0n) is 16.1. The third-order valence-corrected chi connectivity index (χ3v) is 4.78. The molecule has 0 aliphatic carbocycles. The predicted molar refractivity (Wildman–Crippen MR) is 111 cm³/mol. The number of hydrogen-bond acceptors (Lipinski definition) is 4. The van der Waals surface area contributed by atoms with Crippen molar-refractivity contribution in [1.29, 1.82) is 5.26 Å². The second-order valence-corrected chi connectivity index (χ2v) is 7.00. The van der Waals surface area contributed by atoms with E-state index in [-0.39, 0.29) is 18.8 Å². The topological polar surface area (TPSA) is 64.2 Å². The van der Waals surface area contributed by atoms with Crippen LogP contribution in [0.4, 0.5) is 0 Å². The lowest BCUT2D eigenvalue weighted by molar-refractivity contribution is -0.139. The summed E-state index contributed by atoms with van der Waals surface area (Å²) in [6.07, 6.45) is 2.56. The van der Waals surface area contributed by atoms with Gasteiger partial charge in [0.1, 0.15) is 24.9 Å². The zero-order chi connectivity index (χ0) is 20.7. The third-order valence-electron chi connectivity index (χ3n) is 4.18. The van der Waals surface area contributed by atoms with Crippen LogP contribution in [0.5, 0.6) is 5.75 Å². The molecule has 0 amide bonds. The number of hydrogen-bond donors (Lipinski definition) is 0. The first kappa shape index (κ1) is 21.9. The highest BCUT2D eigenvalue weighted by Gasteiger charge is 2.14. The van der Waals surface area contributed by atoms with Gasteiger partial charge in [0, 0.05) is 17.9 Å². The number of nitrogens with zero attached hydrogens (tertiary/aromatic N) is 2. The molecule has 1 aromatic carbocycles. The van der Waals surface area contributed by atoms with Crippen LogP contribution in [0.25, 0.3) is 6.08 Å². The molecule has 148 valence electrons. The van der Waals surface area contributed by atoms with E-state index >= 15 is 0 Å². The van der Waals surface area contributed by atoms with Crippen LogP contribution in [0.1, 0.15) is 30.3 Å². The van der Waals surface area contributed by atoms with E-state index in [1.807, 2.05) is 26.0 Å². The van der Waals surface area contributed by atoms with Crippen LogP contribution < -0.4 is 4.74 Å². The van der Waals surface area contributed by atoms with Crippen molar-refractivity contribution in [2.75, 3.05) is 13.2 Å². The van der Waals surface area contributed by atoms with Gasteiger partial charge in [0.2, 0.25) is 0 Å². The molecule has 0 fully saturated rings. The lowest BCUT2D eigenvalue weighted by Crippen LogP contribution is -2.13. The average Bonchev–Trinajstić information content (AvgIpc) is 2.92. The highest BCUT2D eigenvalue weighted by atomic mass is 35.5. The summed E-state index contributed by atoms with van der Waals surface area (Å²) in [7, 11) is 0. The van der Waals surface area contributed by atoms with Crippen molar-refractivity contribution in [3.05, 3.63) is 56.8 Å². The molecule has 1 aromatic heterocycles. The van der Waals surface area contributed by atoms with Crippen molar-refractivity contribution >= 4 is 35.2 Å². The molecule has 0 radical (unpaired) electrons. The first-order valence-electron chi connectivity index (χ1n) is 8.91. The minimum absolute atomic E-state index is 0.0335. The Morgan fingerprint density at radius 2 is 1.93 bits per heavy atom. The predicted octanol–water partition coefficient (Wildman–Crippen LogP) is 5.35. The van der Waals surface area contributed by atoms with Gasteiger partial charge >= 0.3 is 5.97 Å². The largest absolute Gasteiger partial charge is 0.487 e. The molecule has 0 aliphatic heterocycles. The second-order valence-electron chi connectivity index (χ2n) is 6.18. The SMILES string of the molecule is CCCn1c(C)cc(/C=C(\C#N)C(=O)OCCOc2c(Cl)cccc2Cl)c1C. The van der Waals surface area contributed by atoms with Crippen LogP contribution in [0.15, 0.2) is 29.8 Å². The molecule has 0 N–H and O–H groups in total. The maximum Gasteiger partial charge on any atom is 0.349 e. The van der Waals surface area contributed by atoms with E-state index in [2.05, 4.69) is 11.5 Å². The van der Waals surface area contributed by atoms with E-state index < -0.39 is 5.97 Å². The molecule has 5 nitrogen and oxygen atoms in total. The summed E-state index contributed by atoms with van der Waals surface area (Å²) in [5, 5.41) is 10.1. The van der Waals surface area contributed by atoms with Crippen LogP contribution >= 0.6 is 23.2 Å². The Kier molecular flexibility index (Phi) is 7.98. The molecule has 7 heteroatoms. The van der Waals surface area contributed by atoms with Crippen LogP contribution in [-0.4, -0.2) is 23.8 Å². The van der Waals surface area contributed by atoms with Gasteiger partial charge in [-0.15, -0.1) is 0 Å². The number of halogens is 2. The summed E-state index contributed by atoms with van der Waals surface area (Å²) in [5.74, 6) is -0.363. The van der Waals surface area contributed by atoms with Gasteiger partial charge in [0.15, 0.2) is 5.75 Å².